The van der Waals surface area contributed by atoms with Gasteiger partial charge in [0.15, 0.2) is 0 Å². The van der Waals surface area contributed by atoms with E-state index in [9.17, 15) is 9.59 Å². The number of carbonyl (C=O) groups is 1. The molecule has 0 aliphatic rings. The van der Waals surface area contributed by atoms with E-state index in [4.69, 9.17) is 0 Å². The van der Waals surface area contributed by atoms with E-state index in [1.54, 1.807) is 31.6 Å². The second-order valence-electron chi connectivity index (χ2n) is 7.60. The normalized spacial score (nSPS) is 11.1. The minimum atomic E-state index is -0.381. The number of anilines is 1. The molecule has 0 bridgehead atoms. The largest absolute Gasteiger partial charge is 0.309 e. The molecule has 4 rings (SSSR count). The maximum Gasteiger partial charge on any atom is 0.267 e. The van der Waals surface area contributed by atoms with Gasteiger partial charge >= 0.3 is 0 Å². The first kappa shape index (κ1) is 20.3. The van der Waals surface area contributed by atoms with Crippen LogP contribution in [0, 0.1) is 6.92 Å². The van der Waals surface area contributed by atoms with Crippen LogP contribution in [0.15, 0.2) is 60.0 Å². The number of aryl methyl sites for hydroxylation is 1. The van der Waals surface area contributed by atoms with E-state index in [2.05, 4.69) is 25.4 Å². The minimum absolute atomic E-state index is 0.0425. The number of amides is 1. The highest BCUT2D eigenvalue weighted by molar-refractivity contribution is 5.96. The van der Waals surface area contributed by atoms with Gasteiger partial charge in [0.05, 0.1) is 5.69 Å². The molecule has 8 heteroatoms. The maximum absolute atomic E-state index is 12.9. The molecule has 3 aromatic heterocycles. The summed E-state index contributed by atoms with van der Waals surface area (Å²) in [4.78, 5) is 37.6. The number of benzene rings is 1. The van der Waals surface area contributed by atoms with Crippen molar-refractivity contribution >= 4 is 22.5 Å². The van der Waals surface area contributed by atoms with Gasteiger partial charge in [0.2, 0.25) is 5.91 Å². The quantitative estimate of drug-likeness (QED) is 0.537. The molecule has 0 aliphatic heterocycles. The molecule has 0 aliphatic carbocycles. The van der Waals surface area contributed by atoms with Crippen LogP contribution >= 0.6 is 0 Å². The molecular formula is C23H22N6O2. The molecule has 0 spiro atoms. The summed E-state index contributed by atoms with van der Waals surface area (Å²) in [5.74, 6) is 0.0752. The molecule has 1 aromatic carbocycles. The Labute approximate surface area is 179 Å². The lowest BCUT2D eigenvalue weighted by Gasteiger charge is -2.16. The van der Waals surface area contributed by atoms with E-state index in [1.165, 1.54) is 11.0 Å². The number of pyridine rings is 1. The highest BCUT2D eigenvalue weighted by atomic mass is 16.2. The topological polar surface area (TPSA) is 103 Å². The zero-order chi connectivity index (χ0) is 22.0. The van der Waals surface area contributed by atoms with Crippen LogP contribution in [0.3, 0.4) is 0 Å². The molecule has 0 saturated carbocycles. The smallest absolute Gasteiger partial charge is 0.267 e. The van der Waals surface area contributed by atoms with Gasteiger partial charge in [-0.1, -0.05) is 32.0 Å². The van der Waals surface area contributed by atoms with E-state index >= 15 is 0 Å². The summed E-state index contributed by atoms with van der Waals surface area (Å²) in [6.45, 7) is 5.60. The Morgan fingerprint density at radius 3 is 2.74 bits per heavy atom. The summed E-state index contributed by atoms with van der Waals surface area (Å²) in [5, 5.41) is 9.24. The molecule has 1 N–H and O–H groups in total. The second kappa shape index (κ2) is 8.43. The van der Waals surface area contributed by atoms with Gasteiger partial charge < -0.3 is 5.32 Å². The number of rotatable bonds is 5. The molecule has 0 fully saturated rings. The molecule has 0 unspecified atom stereocenters. The number of aromatic nitrogens is 5. The van der Waals surface area contributed by atoms with Crippen molar-refractivity contribution in [1.29, 1.82) is 0 Å². The lowest BCUT2D eigenvalue weighted by molar-refractivity contribution is -0.117. The number of hydrogen-bond donors (Lipinski definition) is 1. The fourth-order valence-corrected chi connectivity index (χ4v) is 3.45. The van der Waals surface area contributed by atoms with Gasteiger partial charge in [-0.05, 0) is 29.9 Å². The van der Waals surface area contributed by atoms with Crippen LogP contribution in [0.1, 0.15) is 31.0 Å². The van der Waals surface area contributed by atoms with Crippen LogP contribution in [-0.4, -0.2) is 30.6 Å². The highest BCUT2D eigenvalue weighted by Crippen LogP contribution is 2.31. The van der Waals surface area contributed by atoms with Gasteiger partial charge in [-0.25, -0.2) is 14.6 Å². The fraction of sp³-hybridized carbons (Fsp3) is 0.217. The number of hydrogen-bond acceptors (Lipinski definition) is 6. The van der Waals surface area contributed by atoms with Crippen LogP contribution < -0.4 is 10.9 Å². The molecule has 0 saturated heterocycles. The predicted octanol–water partition coefficient (Wildman–Crippen LogP) is 3.32. The Hall–Kier alpha value is -3.94. The van der Waals surface area contributed by atoms with Gasteiger partial charge in [-0.2, -0.15) is 5.10 Å². The van der Waals surface area contributed by atoms with E-state index in [0.29, 0.717) is 5.82 Å². The van der Waals surface area contributed by atoms with Crippen molar-refractivity contribution in [2.75, 3.05) is 5.32 Å². The Bertz CT molecular complexity index is 1320. The zero-order valence-corrected chi connectivity index (χ0v) is 17.5. The third-order valence-corrected chi connectivity index (χ3v) is 4.99. The molecule has 0 atom stereocenters. The van der Waals surface area contributed by atoms with Crippen LogP contribution in [0.4, 0.5) is 5.82 Å². The van der Waals surface area contributed by atoms with Crippen LogP contribution in [0.5, 0.6) is 0 Å². The lowest BCUT2D eigenvalue weighted by atomic mass is 9.95. The van der Waals surface area contributed by atoms with Crippen molar-refractivity contribution in [3.8, 4) is 11.1 Å². The Kier molecular flexibility index (Phi) is 5.53. The summed E-state index contributed by atoms with van der Waals surface area (Å²) in [7, 11) is 0. The number of nitrogens with zero attached hydrogens (tertiary/aromatic N) is 5. The molecule has 4 aromatic rings. The first-order valence-corrected chi connectivity index (χ1v) is 9.95. The third-order valence-electron chi connectivity index (χ3n) is 4.99. The van der Waals surface area contributed by atoms with Crippen LogP contribution in [0.2, 0.25) is 0 Å². The first-order chi connectivity index (χ1) is 14.9. The van der Waals surface area contributed by atoms with Gasteiger partial charge in [0.25, 0.3) is 5.56 Å². The molecular weight excluding hydrogens is 392 g/mol. The fourth-order valence-electron chi connectivity index (χ4n) is 3.45. The first-order valence-electron chi connectivity index (χ1n) is 9.95. The maximum atomic E-state index is 12.9. The summed E-state index contributed by atoms with van der Waals surface area (Å²) >= 11 is 0. The summed E-state index contributed by atoms with van der Waals surface area (Å²) in [6, 6.07) is 9.39. The van der Waals surface area contributed by atoms with E-state index in [-0.39, 0.29) is 23.9 Å². The van der Waals surface area contributed by atoms with Crippen molar-refractivity contribution in [1.82, 2.24) is 24.7 Å². The Morgan fingerprint density at radius 2 is 1.97 bits per heavy atom. The number of carbonyl (C=O) groups excluding carboxylic acids is 1. The van der Waals surface area contributed by atoms with Crippen molar-refractivity contribution in [3.05, 3.63) is 76.9 Å². The Balaban J connectivity index is 1.72. The van der Waals surface area contributed by atoms with Crippen LogP contribution in [-0.2, 0) is 11.3 Å². The van der Waals surface area contributed by atoms with E-state index in [0.717, 1.165) is 33.2 Å². The van der Waals surface area contributed by atoms with Crippen molar-refractivity contribution in [2.24, 2.45) is 0 Å². The third kappa shape index (κ3) is 4.18. The lowest BCUT2D eigenvalue weighted by Crippen LogP contribution is -2.31. The summed E-state index contributed by atoms with van der Waals surface area (Å²) < 4.78 is 1.19. The molecule has 8 nitrogen and oxygen atoms in total. The predicted molar refractivity (Wildman–Crippen MR) is 119 cm³/mol. The molecule has 0 radical (unpaired) electrons. The molecule has 1 amide bonds. The SMILES string of the molecule is Cc1cncnc1NC(=O)Cn1nc(C(C)C)c(-c2cccc3ccncc23)cc1=O. The van der Waals surface area contributed by atoms with Crippen molar-refractivity contribution in [3.63, 3.8) is 0 Å². The zero-order valence-electron chi connectivity index (χ0n) is 17.5. The second-order valence-corrected chi connectivity index (χ2v) is 7.60. The molecule has 3 heterocycles. The van der Waals surface area contributed by atoms with E-state index < -0.39 is 0 Å². The van der Waals surface area contributed by atoms with Crippen molar-refractivity contribution < 1.29 is 4.79 Å². The van der Waals surface area contributed by atoms with E-state index in [1.807, 2.05) is 38.1 Å². The molecule has 156 valence electrons. The van der Waals surface area contributed by atoms with Gasteiger partial charge in [-0.15, -0.1) is 0 Å². The average Bonchev–Trinajstić information content (AvgIpc) is 2.76. The minimum Gasteiger partial charge on any atom is -0.309 e. The highest BCUT2D eigenvalue weighted by Gasteiger charge is 2.17. The number of nitrogens with one attached hydrogen (secondary N) is 1. The Morgan fingerprint density at radius 1 is 1.13 bits per heavy atom. The van der Waals surface area contributed by atoms with Gasteiger partial charge in [0, 0.05) is 41.2 Å². The summed E-state index contributed by atoms with van der Waals surface area (Å²) in [5.41, 5.74) is 2.77. The van der Waals surface area contributed by atoms with Gasteiger partial charge in [-0.3, -0.25) is 14.6 Å². The number of fused-ring (bicyclic) bond motifs is 1. The average molecular weight is 414 g/mol. The van der Waals surface area contributed by atoms with Crippen LogP contribution in [0.25, 0.3) is 21.9 Å². The molecule has 31 heavy (non-hydrogen) atoms. The summed E-state index contributed by atoms with van der Waals surface area (Å²) in [6.07, 6.45) is 6.50. The van der Waals surface area contributed by atoms with Crippen molar-refractivity contribution in [2.45, 2.75) is 33.2 Å². The standard InChI is InChI=1S/C23H22N6O2/c1-14(2)22-18(17-6-4-5-16-7-8-24-11-19(16)17)9-21(31)29(28-22)12-20(30)27-23-15(3)10-25-13-26-23/h4-11,13-14H,12H2,1-3H3,(H,25,26,27,30). The van der Waals surface area contributed by atoms with Gasteiger partial charge in [0.1, 0.15) is 18.7 Å². The monoisotopic (exact) mass is 414 g/mol.